The van der Waals surface area contributed by atoms with Gasteiger partial charge in [0, 0.05) is 0 Å². The Bertz CT molecular complexity index is 134. The Morgan fingerprint density at radius 3 is 2.30 bits per heavy atom. The first-order valence-electron chi connectivity index (χ1n) is 3.07. The van der Waals surface area contributed by atoms with E-state index in [9.17, 15) is 4.79 Å². The summed E-state index contributed by atoms with van der Waals surface area (Å²) in [6.45, 7) is 3.74. The Morgan fingerprint density at radius 1 is 1.80 bits per heavy atom. The summed E-state index contributed by atoms with van der Waals surface area (Å²) in [5.74, 6) is -0.971. The lowest BCUT2D eigenvalue weighted by molar-refractivity contribution is -0.140. The van der Waals surface area contributed by atoms with E-state index in [0.29, 0.717) is 0 Å². The van der Waals surface area contributed by atoms with Gasteiger partial charge in [-0.15, -0.1) is 0 Å². The van der Waals surface area contributed by atoms with Gasteiger partial charge in [-0.05, 0) is 12.3 Å². The lowest BCUT2D eigenvalue weighted by Crippen LogP contribution is -2.43. The van der Waals surface area contributed by atoms with E-state index in [1.165, 1.54) is 0 Å². The zero-order chi connectivity index (χ0) is 8.36. The third-order valence-electron chi connectivity index (χ3n) is 1.06. The third-order valence-corrected chi connectivity index (χ3v) is 1.38. The van der Waals surface area contributed by atoms with Crippen molar-refractivity contribution in [2.45, 2.75) is 25.3 Å². The van der Waals surface area contributed by atoms with Gasteiger partial charge < -0.3 is 10.8 Å². The highest BCUT2D eigenvalue weighted by Gasteiger charge is 2.31. The van der Waals surface area contributed by atoms with Crippen LogP contribution in [0.25, 0.3) is 0 Å². The summed E-state index contributed by atoms with van der Waals surface area (Å²) in [6.07, 6.45) is 0.282. The fourth-order valence-electron chi connectivity index (χ4n) is 0.681. The number of hydrogen-bond donors (Lipinski definition) is 2. The first kappa shape index (κ1) is 9.72. The van der Waals surface area contributed by atoms with Gasteiger partial charge in [0.2, 0.25) is 0 Å². The van der Waals surface area contributed by atoms with Crippen LogP contribution in [0.2, 0.25) is 0 Å². The van der Waals surface area contributed by atoms with E-state index in [-0.39, 0.29) is 12.3 Å². The smallest absolute Gasteiger partial charge is 0.339 e. The molecule has 0 bridgehead atoms. The Morgan fingerprint density at radius 2 is 2.20 bits per heavy atom. The molecule has 0 fully saturated rings. The van der Waals surface area contributed by atoms with Crippen LogP contribution in [0.4, 0.5) is 0 Å². The Hall–Kier alpha value is -0.280. The van der Waals surface area contributed by atoms with Crippen LogP contribution in [0.5, 0.6) is 0 Å². The second kappa shape index (κ2) is 3.21. The molecule has 0 aromatic carbocycles. The van der Waals surface area contributed by atoms with Gasteiger partial charge in [-0.2, -0.15) is 0 Å². The van der Waals surface area contributed by atoms with Crippen LogP contribution in [0.15, 0.2) is 0 Å². The van der Waals surface area contributed by atoms with Gasteiger partial charge in [0.15, 0.2) is 5.00 Å². The molecule has 0 amide bonds. The van der Waals surface area contributed by atoms with Crippen LogP contribution in [0, 0.1) is 5.92 Å². The fourth-order valence-corrected chi connectivity index (χ4v) is 0.990. The van der Waals surface area contributed by atoms with E-state index in [0.717, 1.165) is 0 Å². The number of carbonyl (C=O) groups is 1. The van der Waals surface area contributed by atoms with Gasteiger partial charge in [0.05, 0.1) is 0 Å². The molecule has 0 aliphatic rings. The molecule has 3 N–H and O–H groups in total. The van der Waals surface area contributed by atoms with E-state index in [1.807, 2.05) is 13.8 Å². The van der Waals surface area contributed by atoms with Gasteiger partial charge in [0.1, 0.15) is 0 Å². The van der Waals surface area contributed by atoms with Crippen molar-refractivity contribution < 1.29 is 9.90 Å². The Kier molecular flexibility index (Phi) is 3.12. The predicted octanol–water partition coefficient (Wildman–Crippen LogP) is 1.01. The predicted molar refractivity (Wildman–Crippen MR) is 39.9 cm³/mol. The highest BCUT2D eigenvalue weighted by molar-refractivity contribution is 6.33. The maximum absolute atomic E-state index is 10.3. The molecule has 3 nitrogen and oxygen atoms in total. The minimum atomic E-state index is -1.59. The van der Waals surface area contributed by atoms with Crippen molar-refractivity contribution in [2.75, 3.05) is 0 Å². The molecule has 0 aromatic rings. The minimum Gasteiger partial charge on any atom is -0.479 e. The molecule has 0 spiro atoms. The van der Waals surface area contributed by atoms with E-state index in [4.69, 9.17) is 22.4 Å². The van der Waals surface area contributed by atoms with Crippen molar-refractivity contribution in [3.05, 3.63) is 0 Å². The lowest BCUT2D eigenvalue weighted by atomic mass is 10.0. The number of halogens is 1. The van der Waals surface area contributed by atoms with Crippen LogP contribution >= 0.6 is 11.6 Å². The standard InChI is InChI=1S/C6H12ClNO2/c1-4(2)3-6(7,8)5(9)10/h4H,3,8H2,1-2H3,(H,9,10). The molecular formula is C6H12ClNO2. The van der Waals surface area contributed by atoms with Crippen molar-refractivity contribution in [3.8, 4) is 0 Å². The highest BCUT2D eigenvalue weighted by atomic mass is 35.5. The molecule has 60 valence electrons. The fraction of sp³-hybridized carbons (Fsp3) is 0.833. The van der Waals surface area contributed by atoms with Gasteiger partial charge in [-0.3, -0.25) is 0 Å². The average molecular weight is 166 g/mol. The summed E-state index contributed by atoms with van der Waals surface area (Å²) in [5.41, 5.74) is 5.23. The van der Waals surface area contributed by atoms with Crippen molar-refractivity contribution in [2.24, 2.45) is 11.7 Å². The molecular weight excluding hydrogens is 154 g/mol. The van der Waals surface area contributed by atoms with Crippen LogP contribution < -0.4 is 5.73 Å². The van der Waals surface area contributed by atoms with Crippen molar-refractivity contribution in [3.63, 3.8) is 0 Å². The van der Waals surface area contributed by atoms with Gasteiger partial charge >= 0.3 is 5.97 Å². The third kappa shape index (κ3) is 3.03. The van der Waals surface area contributed by atoms with Crippen molar-refractivity contribution in [1.82, 2.24) is 0 Å². The zero-order valence-electron chi connectivity index (χ0n) is 6.10. The molecule has 0 aliphatic carbocycles. The van der Waals surface area contributed by atoms with E-state index < -0.39 is 11.0 Å². The SMILES string of the molecule is CC(C)CC(N)(Cl)C(=O)O. The Balaban J connectivity index is 4.00. The summed E-state index contributed by atoms with van der Waals surface area (Å²) in [6, 6.07) is 0. The van der Waals surface area contributed by atoms with Crippen molar-refractivity contribution in [1.29, 1.82) is 0 Å². The summed E-state index contributed by atoms with van der Waals surface area (Å²) in [4.78, 5) is 8.71. The molecule has 0 saturated carbocycles. The molecule has 0 aromatic heterocycles. The largest absolute Gasteiger partial charge is 0.479 e. The molecule has 0 aliphatic heterocycles. The number of carboxylic acid groups (broad SMARTS) is 1. The number of alkyl halides is 1. The van der Waals surface area contributed by atoms with Crippen LogP contribution in [0.1, 0.15) is 20.3 Å². The van der Waals surface area contributed by atoms with E-state index in [1.54, 1.807) is 0 Å². The number of rotatable bonds is 3. The number of carboxylic acids is 1. The summed E-state index contributed by atoms with van der Waals surface area (Å²) in [7, 11) is 0. The molecule has 10 heavy (non-hydrogen) atoms. The van der Waals surface area contributed by atoms with Crippen LogP contribution in [-0.2, 0) is 4.79 Å². The first-order valence-corrected chi connectivity index (χ1v) is 3.45. The first-order chi connectivity index (χ1) is 4.36. The molecule has 0 radical (unpaired) electrons. The monoisotopic (exact) mass is 165 g/mol. The second-order valence-electron chi connectivity index (χ2n) is 2.77. The maximum Gasteiger partial charge on any atom is 0.339 e. The van der Waals surface area contributed by atoms with Gasteiger partial charge in [0.25, 0.3) is 0 Å². The molecule has 1 atom stereocenters. The number of aliphatic carboxylic acids is 1. The van der Waals surface area contributed by atoms with Crippen LogP contribution in [-0.4, -0.2) is 16.1 Å². The topological polar surface area (TPSA) is 63.3 Å². The summed E-state index contributed by atoms with van der Waals surface area (Å²) >= 11 is 5.44. The average Bonchev–Trinajstić information content (AvgIpc) is 1.60. The summed E-state index contributed by atoms with van der Waals surface area (Å²) < 4.78 is 0. The summed E-state index contributed by atoms with van der Waals surface area (Å²) in [5, 5.41) is 8.43. The molecule has 0 saturated heterocycles. The molecule has 0 rings (SSSR count). The quantitative estimate of drug-likeness (QED) is 0.485. The van der Waals surface area contributed by atoms with E-state index in [2.05, 4.69) is 0 Å². The molecule has 4 heteroatoms. The normalized spacial score (nSPS) is 16.9. The van der Waals surface area contributed by atoms with Crippen LogP contribution in [0.3, 0.4) is 0 Å². The lowest BCUT2D eigenvalue weighted by Gasteiger charge is -2.18. The number of nitrogens with two attached hydrogens (primary N) is 1. The Labute approximate surface area is 65.2 Å². The second-order valence-corrected chi connectivity index (χ2v) is 3.44. The molecule has 1 unspecified atom stereocenters. The minimum absolute atomic E-state index is 0.193. The van der Waals surface area contributed by atoms with Crippen molar-refractivity contribution >= 4 is 17.6 Å². The van der Waals surface area contributed by atoms with Gasteiger partial charge in [-0.1, -0.05) is 25.4 Å². The van der Waals surface area contributed by atoms with E-state index >= 15 is 0 Å². The number of hydrogen-bond acceptors (Lipinski definition) is 2. The van der Waals surface area contributed by atoms with Gasteiger partial charge in [-0.25, -0.2) is 4.79 Å². The zero-order valence-corrected chi connectivity index (χ0v) is 6.85. The highest BCUT2D eigenvalue weighted by Crippen LogP contribution is 2.18. The maximum atomic E-state index is 10.3. The molecule has 0 heterocycles.